The lowest BCUT2D eigenvalue weighted by Gasteiger charge is -2.20. The van der Waals surface area contributed by atoms with Crippen LogP contribution in [-0.2, 0) is 93.8 Å². The van der Waals surface area contributed by atoms with Crippen LogP contribution in [-0.4, -0.2) is 55.6 Å². The maximum atomic E-state index is 12.6. The van der Waals surface area contributed by atoms with Crippen LogP contribution in [0.15, 0.2) is 327 Å². The molecule has 14 aromatic rings. The summed E-state index contributed by atoms with van der Waals surface area (Å²) in [6.07, 6.45) is 10.1. The molecule has 10 aromatic carbocycles. The third kappa shape index (κ3) is 33.1. The first kappa shape index (κ1) is 112. The summed E-state index contributed by atoms with van der Waals surface area (Å²) >= 11 is 6.19. The first-order valence-corrected chi connectivity index (χ1v) is 51.4. The number of sulfone groups is 3. The van der Waals surface area contributed by atoms with Gasteiger partial charge in [0, 0.05) is 59.2 Å². The third-order valence-corrected chi connectivity index (χ3v) is 28.8. The van der Waals surface area contributed by atoms with Gasteiger partial charge in [-0.1, -0.05) is 290 Å². The number of rotatable bonds is 18. The van der Waals surface area contributed by atoms with Crippen molar-refractivity contribution in [3.63, 3.8) is 0 Å². The molecule has 18 nitrogen and oxygen atoms in total. The van der Waals surface area contributed by atoms with Gasteiger partial charge in [-0.15, -0.1) is 0 Å². The van der Waals surface area contributed by atoms with Crippen LogP contribution in [0.25, 0.3) is 0 Å². The van der Waals surface area contributed by atoms with Crippen LogP contribution >= 0.6 is 11.6 Å². The number of nitrogens with zero attached hydrogens (tertiary/aromatic N) is 6. The van der Waals surface area contributed by atoms with E-state index >= 15 is 0 Å². The van der Waals surface area contributed by atoms with E-state index in [1.54, 1.807) is 152 Å². The third-order valence-electron chi connectivity index (χ3n) is 22.9. The van der Waals surface area contributed by atoms with E-state index in [1.165, 1.54) is 27.0 Å². The zero-order valence-electron chi connectivity index (χ0n) is 86.4. The van der Waals surface area contributed by atoms with Crippen molar-refractivity contribution in [1.29, 1.82) is 0 Å². The summed E-state index contributed by atoms with van der Waals surface area (Å²) in [7, 11) is -10.4. The van der Waals surface area contributed by atoms with Crippen LogP contribution in [0.3, 0.4) is 0 Å². The summed E-state index contributed by atoms with van der Waals surface area (Å²) in [5.41, 5.74) is 19.2. The summed E-state index contributed by atoms with van der Waals surface area (Å²) in [5.74, 6) is 3.51. The molecule has 22 heteroatoms. The van der Waals surface area contributed by atoms with E-state index in [9.17, 15) is 35.7 Å². The Morgan fingerprint density at radius 2 is 0.626 bits per heavy atom. The van der Waals surface area contributed by atoms with Crippen molar-refractivity contribution >= 4 is 41.1 Å². The summed E-state index contributed by atoms with van der Waals surface area (Å²) in [4.78, 5) is 18.5. The second-order valence-electron chi connectivity index (χ2n) is 41.8. The molecule has 0 aliphatic heterocycles. The van der Waals surface area contributed by atoms with Crippen LogP contribution in [0.4, 0.5) is 0 Å². The Bertz CT molecular complexity index is 6630. The van der Waals surface area contributed by atoms with Crippen LogP contribution in [0.1, 0.15) is 246 Å². The molecule has 0 bridgehead atoms. The van der Waals surface area contributed by atoms with Crippen LogP contribution in [0, 0.1) is 48.5 Å². The van der Waals surface area contributed by atoms with Gasteiger partial charge in [-0.25, -0.2) is 25.3 Å². The number of halogens is 1. The highest BCUT2D eigenvalue weighted by molar-refractivity contribution is 7.92. The zero-order valence-corrected chi connectivity index (χ0v) is 89.6. The highest BCUT2D eigenvalue weighted by atomic mass is 35.5. The van der Waals surface area contributed by atoms with Crippen molar-refractivity contribution in [2.45, 2.75) is 288 Å². The maximum Gasteiger partial charge on any atom is 0.271 e. The zero-order chi connectivity index (χ0) is 103. The lowest BCUT2D eigenvalue weighted by molar-refractivity contribution is -0.914. The number of aryl methyl sites for hydroxylation is 7. The monoisotopic (exact) mass is 1950 g/mol. The first-order valence-electron chi connectivity index (χ1n) is 46.6. The fourth-order valence-corrected chi connectivity index (χ4v) is 18.6. The van der Waals surface area contributed by atoms with Crippen molar-refractivity contribution in [3.05, 3.63) is 404 Å². The van der Waals surface area contributed by atoms with Crippen molar-refractivity contribution in [2.75, 3.05) is 0 Å². The predicted molar refractivity (Wildman–Crippen MR) is 559 cm³/mol. The Hall–Kier alpha value is -12.4. The van der Waals surface area contributed by atoms with Crippen LogP contribution < -0.4 is 28.4 Å². The van der Waals surface area contributed by atoms with Crippen molar-refractivity contribution < 1.29 is 64.1 Å². The minimum absolute atomic E-state index is 0.0137. The fraction of sp³-hybridized carbons (Fsp3) is 0.333. The van der Waals surface area contributed by atoms with Gasteiger partial charge in [0.2, 0.25) is 41.4 Å². The largest absolute Gasteiger partial charge is 0.487 e. The van der Waals surface area contributed by atoms with E-state index in [0.717, 1.165) is 101 Å². The first-order chi connectivity index (χ1) is 64.8. The highest BCUT2D eigenvalue weighted by Gasteiger charge is 2.28. The Balaban J connectivity index is 0.000000199. The molecule has 0 aliphatic rings. The van der Waals surface area contributed by atoms with Gasteiger partial charge in [-0.2, -0.15) is 0 Å². The lowest BCUT2D eigenvalue weighted by atomic mass is 9.86. The Kier molecular flexibility index (Phi) is 38.6. The molecule has 0 radical (unpaired) electrons. The van der Waals surface area contributed by atoms with Gasteiger partial charge in [0.1, 0.15) is 36.2 Å². The van der Waals surface area contributed by atoms with E-state index in [1.807, 2.05) is 132 Å². The van der Waals surface area contributed by atoms with E-state index < -0.39 is 29.5 Å². The molecule has 0 aliphatic carbocycles. The van der Waals surface area contributed by atoms with Crippen LogP contribution in [0.2, 0.25) is 5.02 Å². The van der Waals surface area contributed by atoms with E-state index in [0.29, 0.717) is 51.7 Å². The van der Waals surface area contributed by atoms with Crippen molar-refractivity contribution in [1.82, 2.24) is 19.9 Å². The molecule has 0 atom stereocenters. The minimum atomic E-state index is -3.56. The van der Waals surface area contributed by atoms with E-state index in [4.69, 9.17) is 30.5 Å². The number of hydrogen-bond donors (Lipinski definition) is 2. The van der Waals surface area contributed by atoms with Gasteiger partial charge in [-0.05, 0) is 249 Å². The molecule has 2 N–H and O–H groups in total. The van der Waals surface area contributed by atoms with E-state index in [2.05, 4.69) is 228 Å². The molecular formula is C117H143ClN6O12S3+2. The maximum absolute atomic E-state index is 12.6. The Labute approximate surface area is 833 Å². The highest BCUT2D eigenvalue weighted by Crippen LogP contribution is 2.37. The molecule has 139 heavy (non-hydrogen) atoms. The SMILES string of the molecule is CC(C)(C)c1ccc(S(=O)(=O)c2ccccc2)c(Cl)c1.CC(C)(C)c1ccc(S(=O)(=O)c2ccccc2)cc1.Cc1cc(C(C)(C)C)ccc1OCc1cccc(C)[n+]1O.Cc1cc(C(C)(C)C)ccc1OCc1cccc[n+]1O.Cc1cc(C(C)(C)C)ccc1OCc1cnccn1.Cc1cc(C(C)(C)C)ccc1S(=O)(=O)c1ccccc1.Cc1cncc(COc2ccc(C(C)(C)C)cc2C)n1. The molecule has 0 saturated heterocycles. The fourth-order valence-electron chi connectivity index (χ4n) is 14.0. The molecule has 0 unspecified atom stereocenters. The number of ether oxygens (including phenoxy) is 4. The average molecular weight is 1960 g/mol. The number of benzene rings is 10. The normalized spacial score (nSPS) is 11.8. The second-order valence-corrected chi connectivity index (χ2v) is 48.0. The van der Waals surface area contributed by atoms with Gasteiger partial charge in [-0.3, -0.25) is 30.4 Å². The average Bonchev–Trinajstić information content (AvgIpc) is 0.761. The number of pyridine rings is 2. The molecule has 0 amide bonds. The summed E-state index contributed by atoms with van der Waals surface area (Å²) < 4.78 is 101. The predicted octanol–water partition coefficient (Wildman–Crippen LogP) is 27.1. The molecular weight excluding hydrogens is 1810 g/mol. The Morgan fingerprint density at radius 1 is 0.302 bits per heavy atom. The van der Waals surface area contributed by atoms with Gasteiger partial charge < -0.3 is 18.9 Å². The van der Waals surface area contributed by atoms with Gasteiger partial charge in [0.25, 0.3) is 11.4 Å². The minimum Gasteiger partial charge on any atom is -0.487 e. The topological polar surface area (TPSA) is 239 Å². The molecule has 0 fully saturated rings. The molecule has 4 aromatic heterocycles. The van der Waals surface area contributed by atoms with E-state index in [-0.39, 0.29) is 52.7 Å². The van der Waals surface area contributed by atoms with Gasteiger partial charge in [0.15, 0.2) is 13.2 Å². The molecule has 0 spiro atoms. The number of hydrogen-bond acceptors (Lipinski definition) is 16. The molecule has 14 rings (SSSR count). The Morgan fingerprint density at radius 3 is 0.993 bits per heavy atom. The van der Waals surface area contributed by atoms with Crippen molar-refractivity contribution in [2.24, 2.45) is 0 Å². The summed E-state index contributed by atoms with van der Waals surface area (Å²) in [6, 6.07) is 79.6. The standard InChI is InChI=1S/C18H24NO2.C17H22N2O.C17H22NO2.C17H20O2S.C16H17ClO2S.C16H20N2O.C16H18O2S/c1-13-11-15(18(3,4)5)9-10-17(13)21-12-16-8-6-7-14(2)19(16)20;1-12-8-14(17(3,4)5)6-7-16(12)20-11-15-10-18-9-13(2)19-15;1-13-11-14(17(2,3)4)8-9-16(13)20-12-15-7-5-6-10-18(15)19;1-13-12-14(17(2,3)4)10-11-16(13)20(18,19)15-8-6-5-7-9-15;1-16(2,3)12-9-10-15(14(17)11-12)20(18,19)13-7-5-4-6-8-13;1-12-9-13(16(2,3)4)5-6-15(12)19-11-14-10-17-7-8-18-14;1-16(2,3)13-9-11-15(12-10-13)19(17,18)14-7-5-4-6-8-14/h6-11,20H,12H2,1-5H3;6-10H,11H2,1-5H3;5-11,19H,12H2,1-4H3;5-12H,1-4H3;4-11H,1-3H3;5-10H,11H2,1-4H3;4-12H,1-3H3/q+1;;+1;;;;. The van der Waals surface area contributed by atoms with Gasteiger partial charge in [0.05, 0.1) is 63.9 Å². The molecule has 736 valence electrons. The summed E-state index contributed by atoms with van der Waals surface area (Å²) in [5, 5.41) is 19.8. The smallest absolute Gasteiger partial charge is 0.271 e. The van der Waals surface area contributed by atoms with Crippen molar-refractivity contribution in [3.8, 4) is 23.0 Å². The number of aromatic nitrogens is 6. The molecule has 4 heterocycles. The molecule has 0 saturated carbocycles. The lowest BCUT2D eigenvalue weighted by Crippen LogP contribution is -2.39. The van der Waals surface area contributed by atoms with Crippen LogP contribution in [0.5, 0.6) is 23.0 Å². The summed E-state index contributed by atoms with van der Waals surface area (Å²) in [6.45, 7) is 60.8. The quantitative estimate of drug-likeness (QED) is 0.0600. The second kappa shape index (κ2) is 48.0. The van der Waals surface area contributed by atoms with Gasteiger partial charge >= 0.3 is 0 Å².